The summed E-state index contributed by atoms with van der Waals surface area (Å²) in [6, 6.07) is 16.6. The highest BCUT2D eigenvalue weighted by molar-refractivity contribution is 6.04. The summed E-state index contributed by atoms with van der Waals surface area (Å²) in [6.07, 6.45) is 8.05. The number of rotatable bonds is 8. The lowest BCUT2D eigenvalue weighted by molar-refractivity contribution is 0.102. The van der Waals surface area contributed by atoms with Crippen LogP contribution in [0.1, 0.15) is 47.4 Å². The molecule has 0 unspecified atom stereocenters. The van der Waals surface area contributed by atoms with Crippen LogP contribution in [0.5, 0.6) is 5.88 Å². The first-order valence-electron chi connectivity index (χ1n) is 12.4. The van der Waals surface area contributed by atoms with Crippen LogP contribution in [0.15, 0.2) is 67.0 Å². The standard InChI is InChI=1S/C28H29N7O2/c1-18-13-14-29-24(15-18)35-26-16-25(31-19(2)32-26)33-21-8-10-22(11-9-21)34-28(36)20-7-12-27(30-17-20)37-23-5-3-4-6-23/h7-17,23H,3-6H2,1-2H3,(H,34,36)(H2,29,31,32,33,35). The van der Waals surface area contributed by atoms with Crippen molar-refractivity contribution < 1.29 is 9.53 Å². The molecule has 3 N–H and O–H groups in total. The molecule has 1 aliphatic rings. The number of hydrogen-bond donors (Lipinski definition) is 3. The molecule has 0 aliphatic heterocycles. The van der Waals surface area contributed by atoms with Crippen molar-refractivity contribution in [1.82, 2.24) is 19.9 Å². The van der Waals surface area contributed by atoms with Crippen molar-refractivity contribution in [3.63, 3.8) is 0 Å². The maximum absolute atomic E-state index is 12.7. The average molecular weight is 496 g/mol. The number of nitrogens with zero attached hydrogens (tertiary/aromatic N) is 4. The molecule has 0 saturated heterocycles. The number of carbonyl (C=O) groups excluding carboxylic acids is 1. The van der Waals surface area contributed by atoms with Crippen molar-refractivity contribution in [2.45, 2.75) is 45.6 Å². The van der Waals surface area contributed by atoms with Crippen LogP contribution >= 0.6 is 0 Å². The van der Waals surface area contributed by atoms with E-state index in [0.29, 0.717) is 34.6 Å². The van der Waals surface area contributed by atoms with E-state index in [1.54, 1.807) is 24.5 Å². The fourth-order valence-corrected chi connectivity index (χ4v) is 4.18. The first-order valence-corrected chi connectivity index (χ1v) is 12.4. The van der Waals surface area contributed by atoms with Gasteiger partial charge in [-0.2, -0.15) is 0 Å². The Morgan fingerprint density at radius 3 is 2.27 bits per heavy atom. The lowest BCUT2D eigenvalue weighted by Crippen LogP contribution is -2.14. The molecule has 0 bridgehead atoms. The van der Waals surface area contributed by atoms with Crippen LogP contribution in [0.4, 0.5) is 28.8 Å². The zero-order valence-corrected chi connectivity index (χ0v) is 20.9. The van der Waals surface area contributed by atoms with Gasteiger partial charge < -0.3 is 20.7 Å². The molecule has 1 saturated carbocycles. The minimum Gasteiger partial charge on any atom is -0.474 e. The van der Waals surface area contributed by atoms with E-state index in [-0.39, 0.29) is 12.0 Å². The summed E-state index contributed by atoms with van der Waals surface area (Å²) in [5.74, 6) is 2.96. The topological polar surface area (TPSA) is 114 Å². The molecule has 5 rings (SSSR count). The number of hydrogen-bond acceptors (Lipinski definition) is 8. The maximum atomic E-state index is 12.7. The Bertz CT molecular complexity index is 1370. The van der Waals surface area contributed by atoms with Crippen molar-refractivity contribution in [2.24, 2.45) is 0 Å². The molecule has 1 aliphatic carbocycles. The summed E-state index contributed by atoms with van der Waals surface area (Å²) in [7, 11) is 0. The monoisotopic (exact) mass is 495 g/mol. The number of ether oxygens (including phenoxy) is 1. The van der Waals surface area contributed by atoms with Crippen molar-refractivity contribution in [3.05, 3.63) is 83.9 Å². The minimum absolute atomic E-state index is 0.229. The molecular formula is C28H29N7O2. The summed E-state index contributed by atoms with van der Waals surface area (Å²) in [5, 5.41) is 9.40. The Labute approximate surface area is 215 Å². The number of anilines is 5. The van der Waals surface area contributed by atoms with E-state index in [1.807, 2.05) is 56.3 Å². The molecule has 3 aromatic heterocycles. The molecule has 0 atom stereocenters. The zero-order chi connectivity index (χ0) is 25.6. The molecule has 0 spiro atoms. The molecule has 1 amide bonds. The Kier molecular flexibility index (Phi) is 7.21. The van der Waals surface area contributed by atoms with E-state index in [1.165, 1.54) is 12.8 Å². The molecule has 188 valence electrons. The van der Waals surface area contributed by atoms with Gasteiger partial charge in [-0.25, -0.2) is 19.9 Å². The largest absolute Gasteiger partial charge is 0.474 e. The predicted octanol–water partition coefficient (Wildman–Crippen LogP) is 5.94. The zero-order valence-electron chi connectivity index (χ0n) is 20.9. The number of amides is 1. The van der Waals surface area contributed by atoms with Crippen LogP contribution < -0.4 is 20.7 Å². The van der Waals surface area contributed by atoms with Gasteiger partial charge in [-0.05, 0) is 87.6 Å². The second-order valence-electron chi connectivity index (χ2n) is 9.09. The van der Waals surface area contributed by atoms with E-state index >= 15 is 0 Å². The van der Waals surface area contributed by atoms with Crippen molar-refractivity contribution >= 4 is 34.7 Å². The maximum Gasteiger partial charge on any atom is 0.257 e. The minimum atomic E-state index is -0.229. The highest BCUT2D eigenvalue weighted by Crippen LogP contribution is 2.24. The van der Waals surface area contributed by atoms with Crippen LogP contribution in [-0.2, 0) is 0 Å². The van der Waals surface area contributed by atoms with Gasteiger partial charge in [0.1, 0.15) is 29.4 Å². The SMILES string of the molecule is Cc1ccnc(Nc2cc(Nc3ccc(NC(=O)c4ccc(OC5CCCC5)nc4)cc3)nc(C)n2)c1. The van der Waals surface area contributed by atoms with Crippen LogP contribution in [0, 0.1) is 13.8 Å². The smallest absolute Gasteiger partial charge is 0.257 e. The number of aromatic nitrogens is 4. The molecule has 9 heteroatoms. The first kappa shape index (κ1) is 24.2. The molecule has 9 nitrogen and oxygen atoms in total. The van der Waals surface area contributed by atoms with Crippen LogP contribution in [0.25, 0.3) is 0 Å². The Morgan fingerprint density at radius 1 is 0.838 bits per heavy atom. The Morgan fingerprint density at radius 2 is 1.57 bits per heavy atom. The van der Waals surface area contributed by atoms with Crippen LogP contribution in [-0.4, -0.2) is 31.9 Å². The highest BCUT2D eigenvalue weighted by atomic mass is 16.5. The lowest BCUT2D eigenvalue weighted by Gasteiger charge is -2.12. The number of carbonyl (C=O) groups is 1. The lowest BCUT2D eigenvalue weighted by atomic mass is 10.2. The molecule has 1 aromatic carbocycles. The van der Waals surface area contributed by atoms with E-state index < -0.39 is 0 Å². The summed E-state index contributed by atoms with van der Waals surface area (Å²) in [5.41, 5.74) is 3.08. The number of nitrogens with one attached hydrogen (secondary N) is 3. The highest BCUT2D eigenvalue weighted by Gasteiger charge is 2.17. The molecule has 4 aromatic rings. The molecule has 1 fully saturated rings. The van der Waals surface area contributed by atoms with Crippen LogP contribution in [0.2, 0.25) is 0 Å². The Hall–Kier alpha value is -4.53. The second kappa shape index (κ2) is 11.0. The van der Waals surface area contributed by atoms with Crippen molar-refractivity contribution in [3.8, 4) is 5.88 Å². The van der Waals surface area contributed by atoms with E-state index in [2.05, 4.69) is 35.9 Å². The molecule has 3 heterocycles. The summed E-state index contributed by atoms with van der Waals surface area (Å²) >= 11 is 0. The summed E-state index contributed by atoms with van der Waals surface area (Å²) in [6.45, 7) is 3.84. The van der Waals surface area contributed by atoms with Gasteiger partial charge >= 0.3 is 0 Å². The fourth-order valence-electron chi connectivity index (χ4n) is 4.18. The average Bonchev–Trinajstić information content (AvgIpc) is 3.38. The molecular weight excluding hydrogens is 466 g/mol. The van der Waals surface area contributed by atoms with Gasteiger partial charge in [-0.3, -0.25) is 4.79 Å². The number of aryl methyl sites for hydroxylation is 2. The van der Waals surface area contributed by atoms with Crippen LogP contribution in [0.3, 0.4) is 0 Å². The summed E-state index contributed by atoms with van der Waals surface area (Å²) in [4.78, 5) is 30.2. The molecule has 0 radical (unpaired) electrons. The van der Waals surface area contributed by atoms with Gasteiger partial charge in [-0.15, -0.1) is 0 Å². The van der Waals surface area contributed by atoms with Gasteiger partial charge in [0.2, 0.25) is 5.88 Å². The van der Waals surface area contributed by atoms with E-state index in [4.69, 9.17) is 4.74 Å². The fraction of sp³-hybridized carbons (Fsp3) is 0.250. The van der Waals surface area contributed by atoms with E-state index in [0.717, 1.165) is 29.9 Å². The first-order chi connectivity index (χ1) is 18.0. The third kappa shape index (κ3) is 6.58. The Balaban J connectivity index is 1.19. The van der Waals surface area contributed by atoms with Gasteiger partial charge in [0.25, 0.3) is 5.91 Å². The van der Waals surface area contributed by atoms with Gasteiger partial charge in [0.05, 0.1) is 5.56 Å². The van der Waals surface area contributed by atoms with Crippen molar-refractivity contribution in [2.75, 3.05) is 16.0 Å². The molecule has 37 heavy (non-hydrogen) atoms. The number of benzene rings is 1. The number of pyridine rings is 2. The van der Waals surface area contributed by atoms with Gasteiger partial charge in [0.15, 0.2) is 0 Å². The van der Waals surface area contributed by atoms with Gasteiger partial charge in [-0.1, -0.05) is 0 Å². The normalized spacial score (nSPS) is 13.2. The third-order valence-corrected chi connectivity index (χ3v) is 6.01. The van der Waals surface area contributed by atoms with Crippen molar-refractivity contribution in [1.29, 1.82) is 0 Å². The van der Waals surface area contributed by atoms with E-state index in [9.17, 15) is 4.79 Å². The predicted molar refractivity (Wildman–Crippen MR) is 144 cm³/mol. The third-order valence-electron chi connectivity index (χ3n) is 6.01. The van der Waals surface area contributed by atoms with Gasteiger partial charge in [0, 0.05) is 35.9 Å². The second-order valence-corrected chi connectivity index (χ2v) is 9.09. The summed E-state index contributed by atoms with van der Waals surface area (Å²) < 4.78 is 5.87. The quantitative estimate of drug-likeness (QED) is 0.275.